The molecule has 0 unspecified atom stereocenters. The largest absolute Gasteiger partial charge is 0.468 e. The van der Waals surface area contributed by atoms with Crippen LogP contribution in [0.15, 0.2) is 34.9 Å². The van der Waals surface area contributed by atoms with Gasteiger partial charge in [-0.15, -0.1) is 0 Å². The first kappa shape index (κ1) is 17.2. The highest BCUT2D eigenvalue weighted by Gasteiger charge is 2.12. The van der Waals surface area contributed by atoms with Gasteiger partial charge >= 0.3 is 0 Å². The van der Waals surface area contributed by atoms with Gasteiger partial charge < -0.3 is 9.47 Å². The van der Waals surface area contributed by atoms with E-state index in [-0.39, 0.29) is 0 Å². The molecular formula is C16H23BrN2O2Si. The van der Waals surface area contributed by atoms with Crippen molar-refractivity contribution in [3.63, 3.8) is 0 Å². The van der Waals surface area contributed by atoms with E-state index in [4.69, 9.17) is 9.47 Å². The Morgan fingerprint density at radius 1 is 1.18 bits per heavy atom. The second kappa shape index (κ2) is 7.44. The zero-order valence-corrected chi connectivity index (χ0v) is 16.2. The van der Waals surface area contributed by atoms with Crippen molar-refractivity contribution in [3.8, 4) is 17.0 Å². The summed E-state index contributed by atoms with van der Waals surface area (Å²) in [6.45, 7) is 8.09. The number of rotatable bonds is 7. The average molecular weight is 383 g/mol. The number of ether oxygens (including phenoxy) is 2. The SMILES string of the molecule is Cn1cc(Br)c(-c2ccc(OCOCC[Si](C)(C)C)cc2)n1. The van der Waals surface area contributed by atoms with Crippen LogP contribution in [-0.2, 0) is 11.8 Å². The molecular weight excluding hydrogens is 360 g/mol. The van der Waals surface area contributed by atoms with E-state index in [0.29, 0.717) is 6.79 Å². The van der Waals surface area contributed by atoms with Gasteiger partial charge in [0.15, 0.2) is 6.79 Å². The highest BCUT2D eigenvalue weighted by Crippen LogP contribution is 2.27. The van der Waals surface area contributed by atoms with Crippen LogP contribution in [0.2, 0.25) is 25.7 Å². The van der Waals surface area contributed by atoms with Crippen LogP contribution in [0.4, 0.5) is 0 Å². The molecule has 0 fully saturated rings. The van der Waals surface area contributed by atoms with E-state index >= 15 is 0 Å². The van der Waals surface area contributed by atoms with Gasteiger partial charge in [0.2, 0.25) is 0 Å². The lowest BCUT2D eigenvalue weighted by molar-refractivity contribution is 0.0220. The first-order chi connectivity index (χ1) is 10.3. The maximum atomic E-state index is 5.60. The van der Waals surface area contributed by atoms with Gasteiger partial charge in [-0.3, -0.25) is 4.68 Å². The molecule has 0 amide bonds. The Hall–Kier alpha value is -1.11. The molecule has 0 aliphatic rings. The van der Waals surface area contributed by atoms with Gasteiger partial charge in [0.05, 0.1) is 4.47 Å². The molecule has 120 valence electrons. The van der Waals surface area contributed by atoms with Gasteiger partial charge in [-0.1, -0.05) is 19.6 Å². The number of nitrogens with zero attached hydrogens (tertiary/aromatic N) is 2. The van der Waals surface area contributed by atoms with Crippen molar-refractivity contribution in [3.05, 3.63) is 34.9 Å². The van der Waals surface area contributed by atoms with E-state index in [1.807, 2.05) is 37.5 Å². The van der Waals surface area contributed by atoms with Crippen molar-refractivity contribution in [2.45, 2.75) is 25.7 Å². The summed E-state index contributed by atoms with van der Waals surface area (Å²) in [7, 11) is 0.877. The predicted molar refractivity (Wildman–Crippen MR) is 95.9 cm³/mol. The molecule has 0 atom stereocenters. The smallest absolute Gasteiger partial charge is 0.189 e. The molecule has 0 aliphatic heterocycles. The van der Waals surface area contributed by atoms with E-state index in [0.717, 1.165) is 34.1 Å². The van der Waals surface area contributed by atoms with Crippen LogP contribution in [0.1, 0.15) is 0 Å². The standard InChI is InChI=1S/C16H23BrN2O2Si/c1-19-11-15(17)16(18-19)13-5-7-14(8-6-13)21-12-20-9-10-22(2,3)4/h5-8,11H,9-10,12H2,1-4H3. The van der Waals surface area contributed by atoms with Crippen LogP contribution in [0.5, 0.6) is 5.75 Å². The molecule has 6 heteroatoms. The maximum absolute atomic E-state index is 5.60. The molecule has 22 heavy (non-hydrogen) atoms. The minimum Gasteiger partial charge on any atom is -0.468 e. The molecule has 0 aliphatic carbocycles. The second-order valence-electron chi connectivity index (χ2n) is 6.50. The van der Waals surface area contributed by atoms with Crippen molar-refractivity contribution in [2.75, 3.05) is 13.4 Å². The summed E-state index contributed by atoms with van der Waals surface area (Å²) in [6.07, 6.45) is 1.94. The number of benzene rings is 1. The van der Waals surface area contributed by atoms with Crippen LogP contribution in [-0.4, -0.2) is 31.3 Å². The summed E-state index contributed by atoms with van der Waals surface area (Å²) in [5, 5.41) is 4.43. The summed E-state index contributed by atoms with van der Waals surface area (Å²) in [5.74, 6) is 0.809. The zero-order chi connectivity index (χ0) is 16.2. The molecule has 0 N–H and O–H groups in total. The third kappa shape index (κ3) is 5.26. The van der Waals surface area contributed by atoms with E-state index in [9.17, 15) is 0 Å². The molecule has 0 radical (unpaired) electrons. The average Bonchev–Trinajstić information content (AvgIpc) is 2.77. The molecule has 1 aromatic heterocycles. The number of halogens is 1. The van der Waals surface area contributed by atoms with Gasteiger partial charge in [0.1, 0.15) is 11.4 Å². The monoisotopic (exact) mass is 382 g/mol. The molecule has 2 rings (SSSR count). The molecule has 0 saturated carbocycles. The van der Waals surface area contributed by atoms with Crippen molar-refractivity contribution in [2.24, 2.45) is 7.05 Å². The Bertz CT molecular complexity index is 606. The van der Waals surface area contributed by atoms with Crippen LogP contribution in [0.3, 0.4) is 0 Å². The Labute approximate surface area is 141 Å². The van der Waals surface area contributed by atoms with E-state index in [1.54, 1.807) is 4.68 Å². The van der Waals surface area contributed by atoms with Crippen molar-refractivity contribution in [1.29, 1.82) is 0 Å². The number of aromatic nitrogens is 2. The van der Waals surface area contributed by atoms with E-state index < -0.39 is 8.07 Å². The first-order valence-corrected chi connectivity index (χ1v) is 11.9. The van der Waals surface area contributed by atoms with E-state index in [1.165, 1.54) is 0 Å². The molecule has 1 aromatic carbocycles. The highest BCUT2D eigenvalue weighted by atomic mass is 79.9. The van der Waals surface area contributed by atoms with Crippen LogP contribution < -0.4 is 4.74 Å². The quantitative estimate of drug-likeness (QED) is 0.400. The minimum absolute atomic E-state index is 0.303. The predicted octanol–water partition coefficient (Wildman–Crippen LogP) is 4.54. The minimum atomic E-state index is -1.03. The van der Waals surface area contributed by atoms with Crippen LogP contribution in [0, 0.1) is 0 Å². The van der Waals surface area contributed by atoms with Gasteiger partial charge in [0.25, 0.3) is 0 Å². The Morgan fingerprint density at radius 3 is 2.41 bits per heavy atom. The Balaban J connectivity index is 1.84. The van der Waals surface area contributed by atoms with Crippen LogP contribution >= 0.6 is 15.9 Å². The number of hydrogen-bond donors (Lipinski definition) is 0. The lowest BCUT2D eigenvalue weighted by Gasteiger charge is -2.15. The topological polar surface area (TPSA) is 36.3 Å². The summed E-state index contributed by atoms with van der Waals surface area (Å²) >= 11 is 3.52. The first-order valence-electron chi connectivity index (χ1n) is 7.35. The second-order valence-corrected chi connectivity index (χ2v) is 13.0. The Morgan fingerprint density at radius 2 is 1.86 bits per heavy atom. The van der Waals surface area contributed by atoms with Gasteiger partial charge in [-0.25, -0.2) is 0 Å². The van der Waals surface area contributed by atoms with Crippen molar-refractivity contribution in [1.82, 2.24) is 9.78 Å². The molecule has 0 saturated heterocycles. The molecule has 1 heterocycles. The van der Waals surface area contributed by atoms with Gasteiger partial charge in [-0.2, -0.15) is 5.10 Å². The fourth-order valence-corrected chi connectivity index (χ4v) is 3.27. The zero-order valence-electron chi connectivity index (χ0n) is 13.6. The number of aryl methyl sites for hydroxylation is 1. The lowest BCUT2D eigenvalue weighted by atomic mass is 10.1. The summed E-state index contributed by atoms with van der Waals surface area (Å²) in [5.41, 5.74) is 1.99. The molecule has 4 nitrogen and oxygen atoms in total. The Kier molecular flexibility index (Phi) is 5.83. The highest BCUT2D eigenvalue weighted by molar-refractivity contribution is 9.10. The van der Waals surface area contributed by atoms with Crippen LogP contribution in [0.25, 0.3) is 11.3 Å². The summed E-state index contributed by atoms with van der Waals surface area (Å²) in [6, 6.07) is 9.05. The van der Waals surface area contributed by atoms with Crippen molar-refractivity contribution < 1.29 is 9.47 Å². The third-order valence-corrected chi connectivity index (χ3v) is 5.50. The summed E-state index contributed by atoms with van der Waals surface area (Å²) in [4.78, 5) is 0. The maximum Gasteiger partial charge on any atom is 0.189 e. The molecule has 0 spiro atoms. The fourth-order valence-electron chi connectivity index (χ4n) is 1.91. The van der Waals surface area contributed by atoms with Gasteiger partial charge in [0, 0.05) is 33.5 Å². The summed E-state index contributed by atoms with van der Waals surface area (Å²) < 4.78 is 13.9. The molecule has 0 bridgehead atoms. The van der Waals surface area contributed by atoms with Gasteiger partial charge in [-0.05, 0) is 46.2 Å². The third-order valence-electron chi connectivity index (χ3n) is 3.22. The lowest BCUT2D eigenvalue weighted by Crippen LogP contribution is -2.22. The normalized spacial score (nSPS) is 11.7. The van der Waals surface area contributed by atoms with Crippen molar-refractivity contribution >= 4 is 24.0 Å². The fraction of sp³-hybridized carbons (Fsp3) is 0.438. The molecule has 2 aromatic rings. The number of hydrogen-bond acceptors (Lipinski definition) is 3. The van der Waals surface area contributed by atoms with E-state index in [2.05, 4.69) is 40.7 Å².